The second-order valence-corrected chi connectivity index (χ2v) is 5.57. The van der Waals surface area contributed by atoms with Gasteiger partial charge in [0.05, 0.1) is 0 Å². The highest BCUT2D eigenvalue weighted by atomic mass is 32.2. The maximum atomic E-state index is 14.4. The van der Waals surface area contributed by atoms with E-state index in [-0.39, 0.29) is 5.82 Å². The summed E-state index contributed by atoms with van der Waals surface area (Å²) in [4.78, 5) is 6.30. The largest absolute Gasteiger partial charge is 0.353 e. The van der Waals surface area contributed by atoms with Gasteiger partial charge in [-0.2, -0.15) is 11.8 Å². The Bertz CT molecular complexity index is 378. The van der Waals surface area contributed by atoms with E-state index in [1.807, 2.05) is 18.7 Å². The lowest BCUT2D eigenvalue weighted by Gasteiger charge is -2.22. The normalized spacial score (nSPS) is 16.7. The zero-order valence-electron chi connectivity index (χ0n) is 10.8. The van der Waals surface area contributed by atoms with Crippen LogP contribution in [-0.4, -0.2) is 36.1 Å². The Balaban J connectivity index is 2.15. The molecule has 2 rings (SSSR count). The zero-order valence-corrected chi connectivity index (χ0v) is 11.6. The third-order valence-corrected chi connectivity index (χ3v) is 4.09. The van der Waals surface area contributed by atoms with Crippen LogP contribution in [0.1, 0.15) is 18.9 Å². The van der Waals surface area contributed by atoms with Crippen LogP contribution in [0.5, 0.6) is 0 Å². The van der Waals surface area contributed by atoms with Gasteiger partial charge in [0.2, 0.25) is 0 Å². The van der Waals surface area contributed by atoms with Gasteiger partial charge in [0.1, 0.15) is 0 Å². The first-order valence-electron chi connectivity index (χ1n) is 6.49. The maximum Gasteiger partial charge on any atom is 0.170 e. The monoisotopic (exact) mass is 269 g/mol. The first-order chi connectivity index (χ1) is 8.83. The van der Waals surface area contributed by atoms with E-state index in [0.29, 0.717) is 17.9 Å². The van der Waals surface area contributed by atoms with Crippen LogP contribution < -0.4 is 10.2 Å². The van der Waals surface area contributed by atoms with Crippen molar-refractivity contribution in [1.82, 2.24) is 10.3 Å². The Morgan fingerprint density at radius 2 is 2.33 bits per heavy atom. The van der Waals surface area contributed by atoms with E-state index in [2.05, 4.69) is 15.2 Å². The van der Waals surface area contributed by atoms with Crippen molar-refractivity contribution >= 4 is 17.6 Å². The third-order valence-electron chi connectivity index (χ3n) is 3.04. The molecule has 0 aromatic carbocycles. The molecule has 1 aliphatic rings. The Kier molecular flexibility index (Phi) is 5.26. The molecule has 0 bridgehead atoms. The molecule has 5 heteroatoms. The van der Waals surface area contributed by atoms with Crippen molar-refractivity contribution < 1.29 is 4.39 Å². The first-order valence-corrected chi connectivity index (χ1v) is 7.65. The topological polar surface area (TPSA) is 28.2 Å². The van der Waals surface area contributed by atoms with E-state index in [4.69, 9.17) is 0 Å². The SMILES string of the molecule is CCNCc1ccnc(N2CCCSCC2)c1F. The van der Waals surface area contributed by atoms with Crippen LogP contribution in [0, 0.1) is 5.82 Å². The summed E-state index contributed by atoms with van der Waals surface area (Å²) in [5.41, 5.74) is 0.707. The van der Waals surface area contributed by atoms with Gasteiger partial charge >= 0.3 is 0 Å². The number of hydrogen-bond acceptors (Lipinski definition) is 4. The molecule has 1 aliphatic heterocycles. The Hall–Kier alpha value is -0.810. The highest BCUT2D eigenvalue weighted by Crippen LogP contribution is 2.22. The van der Waals surface area contributed by atoms with Crippen molar-refractivity contribution in [3.63, 3.8) is 0 Å². The molecule has 100 valence electrons. The van der Waals surface area contributed by atoms with Gasteiger partial charge in [-0.15, -0.1) is 0 Å². The van der Waals surface area contributed by atoms with E-state index in [0.717, 1.165) is 37.6 Å². The van der Waals surface area contributed by atoms with Crippen molar-refractivity contribution in [2.75, 3.05) is 36.0 Å². The predicted octanol–water partition coefficient (Wildman–Crippen LogP) is 2.27. The summed E-state index contributed by atoms with van der Waals surface area (Å²) < 4.78 is 14.4. The van der Waals surface area contributed by atoms with Crippen LogP contribution >= 0.6 is 11.8 Å². The lowest BCUT2D eigenvalue weighted by Crippen LogP contribution is -2.28. The smallest absolute Gasteiger partial charge is 0.170 e. The van der Waals surface area contributed by atoms with Gasteiger partial charge < -0.3 is 10.2 Å². The molecule has 0 spiro atoms. The van der Waals surface area contributed by atoms with E-state index < -0.39 is 0 Å². The Labute approximate surface area is 112 Å². The lowest BCUT2D eigenvalue weighted by molar-refractivity contribution is 0.580. The summed E-state index contributed by atoms with van der Waals surface area (Å²) in [6.07, 6.45) is 2.81. The van der Waals surface area contributed by atoms with Gasteiger partial charge in [0.15, 0.2) is 11.6 Å². The van der Waals surface area contributed by atoms with Gasteiger partial charge in [-0.25, -0.2) is 9.37 Å². The fourth-order valence-corrected chi connectivity index (χ4v) is 2.93. The average molecular weight is 269 g/mol. The third kappa shape index (κ3) is 3.36. The number of thioether (sulfide) groups is 1. The summed E-state index contributed by atoms with van der Waals surface area (Å²) in [7, 11) is 0. The van der Waals surface area contributed by atoms with Gasteiger partial charge in [0, 0.05) is 37.1 Å². The molecule has 1 fully saturated rings. The fourth-order valence-electron chi connectivity index (χ4n) is 2.05. The molecule has 0 unspecified atom stereocenters. The summed E-state index contributed by atoms with van der Waals surface area (Å²) in [6, 6.07) is 1.76. The quantitative estimate of drug-likeness (QED) is 0.907. The molecule has 18 heavy (non-hydrogen) atoms. The van der Waals surface area contributed by atoms with Crippen LogP contribution in [0.15, 0.2) is 12.3 Å². The molecule has 0 atom stereocenters. The molecule has 3 nitrogen and oxygen atoms in total. The van der Waals surface area contributed by atoms with Crippen molar-refractivity contribution in [3.05, 3.63) is 23.6 Å². The van der Waals surface area contributed by atoms with E-state index in [1.54, 1.807) is 12.3 Å². The van der Waals surface area contributed by atoms with Crippen LogP contribution in [0.2, 0.25) is 0 Å². The summed E-state index contributed by atoms with van der Waals surface area (Å²) in [6.45, 7) is 5.23. The number of nitrogens with zero attached hydrogens (tertiary/aromatic N) is 2. The van der Waals surface area contributed by atoms with E-state index in [9.17, 15) is 4.39 Å². The number of halogens is 1. The first kappa shape index (κ1) is 13.6. The van der Waals surface area contributed by atoms with Crippen LogP contribution in [0.3, 0.4) is 0 Å². The van der Waals surface area contributed by atoms with Crippen LogP contribution in [0.4, 0.5) is 10.2 Å². The molecule has 1 N–H and O–H groups in total. The van der Waals surface area contributed by atoms with Crippen molar-refractivity contribution in [3.8, 4) is 0 Å². The van der Waals surface area contributed by atoms with Crippen molar-refractivity contribution in [1.29, 1.82) is 0 Å². The average Bonchev–Trinajstić information content (AvgIpc) is 2.66. The molecule has 1 aromatic rings. The molecular weight excluding hydrogens is 249 g/mol. The number of rotatable bonds is 4. The number of nitrogens with one attached hydrogen (secondary N) is 1. The lowest BCUT2D eigenvalue weighted by atomic mass is 10.2. The molecule has 0 amide bonds. The Morgan fingerprint density at radius 3 is 3.17 bits per heavy atom. The number of aromatic nitrogens is 1. The van der Waals surface area contributed by atoms with Gasteiger partial charge in [-0.1, -0.05) is 6.92 Å². The van der Waals surface area contributed by atoms with Crippen LogP contribution in [0.25, 0.3) is 0 Å². The number of hydrogen-bond donors (Lipinski definition) is 1. The number of anilines is 1. The van der Waals surface area contributed by atoms with E-state index >= 15 is 0 Å². The number of pyridine rings is 1. The standard InChI is InChI=1S/C13H20FN3S/c1-2-15-10-11-4-5-16-13(12(11)14)17-6-3-8-18-9-7-17/h4-5,15H,2-3,6-10H2,1H3. The fraction of sp³-hybridized carbons (Fsp3) is 0.615. The Morgan fingerprint density at radius 1 is 1.44 bits per heavy atom. The summed E-state index contributed by atoms with van der Waals surface area (Å²) in [5.74, 6) is 2.58. The molecule has 0 aliphatic carbocycles. The summed E-state index contributed by atoms with van der Waals surface area (Å²) >= 11 is 1.93. The van der Waals surface area contributed by atoms with Crippen molar-refractivity contribution in [2.24, 2.45) is 0 Å². The van der Waals surface area contributed by atoms with Crippen LogP contribution in [-0.2, 0) is 6.54 Å². The molecule has 0 radical (unpaired) electrons. The van der Waals surface area contributed by atoms with Gasteiger partial charge in [-0.3, -0.25) is 0 Å². The predicted molar refractivity (Wildman–Crippen MR) is 75.7 cm³/mol. The highest BCUT2D eigenvalue weighted by Gasteiger charge is 2.17. The summed E-state index contributed by atoms with van der Waals surface area (Å²) in [5, 5.41) is 3.16. The molecular formula is C13H20FN3S. The second kappa shape index (κ2) is 6.95. The highest BCUT2D eigenvalue weighted by molar-refractivity contribution is 7.99. The van der Waals surface area contributed by atoms with Gasteiger partial charge in [-0.05, 0) is 24.8 Å². The minimum absolute atomic E-state index is 0.162. The van der Waals surface area contributed by atoms with E-state index in [1.165, 1.54) is 0 Å². The van der Waals surface area contributed by atoms with Gasteiger partial charge in [0.25, 0.3) is 0 Å². The molecule has 1 aromatic heterocycles. The minimum atomic E-state index is -0.162. The molecule has 0 saturated carbocycles. The van der Waals surface area contributed by atoms with Crippen molar-refractivity contribution in [2.45, 2.75) is 19.9 Å². The zero-order chi connectivity index (χ0) is 12.8. The molecule has 2 heterocycles. The second-order valence-electron chi connectivity index (χ2n) is 4.34. The maximum absolute atomic E-state index is 14.4. The minimum Gasteiger partial charge on any atom is -0.353 e. The molecule has 1 saturated heterocycles.